The van der Waals surface area contributed by atoms with E-state index in [1.54, 1.807) is 51.1 Å². The SMILES string of the molecule is COc1cc(NC(=O)C(CCC(=O)O)NC(=O)C(CC(=O)OC(C)(C)C)NC(=O)OCc2ccccc2)cc(C(F)(F)F)c1. The van der Waals surface area contributed by atoms with Crippen molar-refractivity contribution < 1.29 is 56.5 Å². The molecular weight excluding hydrogens is 591 g/mol. The smallest absolute Gasteiger partial charge is 0.416 e. The van der Waals surface area contributed by atoms with E-state index in [2.05, 4.69) is 16.0 Å². The number of ether oxygens (including phenoxy) is 3. The summed E-state index contributed by atoms with van der Waals surface area (Å²) in [5.41, 5.74) is -1.78. The molecule has 0 aliphatic rings. The van der Waals surface area contributed by atoms with Crippen LogP contribution in [0.1, 0.15) is 51.2 Å². The zero-order valence-electron chi connectivity index (χ0n) is 24.4. The van der Waals surface area contributed by atoms with E-state index >= 15 is 0 Å². The minimum atomic E-state index is -4.78. The number of alkyl halides is 3. The molecule has 2 atom stereocenters. The zero-order chi connectivity index (χ0) is 33.1. The summed E-state index contributed by atoms with van der Waals surface area (Å²) in [6.07, 6.45) is -7.66. The zero-order valence-corrected chi connectivity index (χ0v) is 24.4. The maximum Gasteiger partial charge on any atom is 0.416 e. The van der Waals surface area contributed by atoms with Crippen molar-refractivity contribution in [2.24, 2.45) is 0 Å². The molecule has 0 saturated carbocycles. The van der Waals surface area contributed by atoms with Gasteiger partial charge < -0.3 is 35.3 Å². The molecule has 44 heavy (non-hydrogen) atoms. The second-order valence-corrected chi connectivity index (χ2v) is 10.5. The summed E-state index contributed by atoms with van der Waals surface area (Å²) in [7, 11) is 1.12. The topological polar surface area (TPSA) is 169 Å². The van der Waals surface area contributed by atoms with E-state index in [0.29, 0.717) is 17.7 Å². The van der Waals surface area contributed by atoms with Crippen LogP contribution in [0.25, 0.3) is 0 Å². The Morgan fingerprint density at radius 1 is 0.909 bits per heavy atom. The highest BCUT2D eigenvalue weighted by molar-refractivity contribution is 5.99. The van der Waals surface area contributed by atoms with E-state index in [-0.39, 0.29) is 18.0 Å². The molecule has 0 fully saturated rings. The van der Waals surface area contributed by atoms with Crippen LogP contribution in [0.15, 0.2) is 48.5 Å². The molecule has 0 radical (unpaired) electrons. The summed E-state index contributed by atoms with van der Waals surface area (Å²) in [4.78, 5) is 62.6. The van der Waals surface area contributed by atoms with Gasteiger partial charge in [-0.25, -0.2) is 4.79 Å². The number of nitrogens with one attached hydrogen (secondary N) is 3. The second kappa shape index (κ2) is 15.6. The summed E-state index contributed by atoms with van der Waals surface area (Å²) in [6, 6.07) is 7.75. The summed E-state index contributed by atoms with van der Waals surface area (Å²) in [6.45, 7) is 4.57. The molecule has 2 aromatic carbocycles. The van der Waals surface area contributed by atoms with Gasteiger partial charge in [0.1, 0.15) is 30.0 Å². The van der Waals surface area contributed by atoms with Crippen LogP contribution in [-0.4, -0.2) is 59.7 Å². The van der Waals surface area contributed by atoms with Crippen molar-refractivity contribution in [2.45, 2.75) is 70.5 Å². The largest absolute Gasteiger partial charge is 0.497 e. The number of methoxy groups -OCH3 is 1. The molecule has 3 amide bonds. The number of amides is 3. The summed E-state index contributed by atoms with van der Waals surface area (Å²) < 4.78 is 55.2. The Labute approximate surface area is 251 Å². The summed E-state index contributed by atoms with van der Waals surface area (Å²) >= 11 is 0. The van der Waals surface area contributed by atoms with Crippen LogP contribution in [0.2, 0.25) is 0 Å². The quantitative estimate of drug-likeness (QED) is 0.240. The number of anilines is 1. The number of carboxylic acid groups (broad SMARTS) is 1. The summed E-state index contributed by atoms with van der Waals surface area (Å²) in [5.74, 6) is -4.59. The van der Waals surface area contributed by atoms with Crippen LogP contribution in [0, 0.1) is 0 Å². The lowest BCUT2D eigenvalue weighted by Gasteiger charge is -2.24. The molecule has 2 unspecified atom stereocenters. The van der Waals surface area contributed by atoms with Crippen molar-refractivity contribution in [2.75, 3.05) is 12.4 Å². The lowest BCUT2D eigenvalue weighted by atomic mass is 10.1. The highest BCUT2D eigenvalue weighted by atomic mass is 19.4. The van der Waals surface area contributed by atoms with E-state index in [1.807, 2.05) is 0 Å². The monoisotopic (exact) mass is 625 g/mol. The molecule has 240 valence electrons. The molecule has 2 aromatic rings. The molecule has 0 bridgehead atoms. The van der Waals surface area contributed by atoms with Gasteiger partial charge in [-0.2, -0.15) is 13.2 Å². The van der Waals surface area contributed by atoms with E-state index in [4.69, 9.17) is 19.3 Å². The van der Waals surface area contributed by atoms with Gasteiger partial charge in [0.2, 0.25) is 11.8 Å². The second-order valence-electron chi connectivity index (χ2n) is 10.5. The van der Waals surface area contributed by atoms with Crippen molar-refractivity contribution in [1.29, 1.82) is 0 Å². The fourth-order valence-electron chi connectivity index (χ4n) is 3.66. The third kappa shape index (κ3) is 12.6. The number of esters is 1. The fraction of sp³-hybridized carbons (Fsp3) is 0.414. The number of rotatable bonds is 13. The van der Waals surface area contributed by atoms with Gasteiger partial charge in [-0.1, -0.05) is 30.3 Å². The number of carbonyl (C=O) groups excluding carboxylic acids is 4. The van der Waals surface area contributed by atoms with Crippen LogP contribution < -0.4 is 20.7 Å². The Kier molecular flexibility index (Phi) is 12.5. The number of halogens is 3. The van der Waals surface area contributed by atoms with Crippen molar-refractivity contribution in [3.8, 4) is 5.75 Å². The Balaban J connectivity index is 2.27. The molecular formula is C29H34F3N3O9. The molecule has 0 spiro atoms. The first-order valence-corrected chi connectivity index (χ1v) is 13.2. The maximum atomic E-state index is 13.3. The Morgan fingerprint density at radius 2 is 1.57 bits per heavy atom. The summed E-state index contributed by atoms with van der Waals surface area (Å²) in [5, 5.41) is 15.9. The van der Waals surface area contributed by atoms with Crippen LogP contribution in [0.3, 0.4) is 0 Å². The minimum Gasteiger partial charge on any atom is -0.497 e. The predicted molar refractivity (Wildman–Crippen MR) is 149 cm³/mol. The number of alkyl carbamates (subject to hydrolysis) is 1. The van der Waals surface area contributed by atoms with Gasteiger partial charge in [0.15, 0.2) is 0 Å². The van der Waals surface area contributed by atoms with Gasteiger partial charge in [0, 0.05) is 18.2 Å². The first-order chi connectivity index (χ1) is 20.5. The number of aliphatic carboxylic acids is 1. The van der Waals surface area contributed by atoms with Crippen LogP contribution in [-0.2, 0) is 41.4 Å². The third-order valence-corrected chi connectivity index (χ3v) is 5.63. The van der Waals surface area contributed by atoms with Gasteiger partial charge in [0.05, 0.1) is 19.1 Å². The molecule has 0 heterocycles. The molecule has 0 aliphatic carbocycles. The Bertz CT molecular complexity index is 1330. The van der Waals surface area contributed by atoms with Crippen molar-refractivity contribution in [1.82, 2.24) is 10.6 Å². The van der Waals surface area contributed by atoms with Gasteiger partial charge in [-0.05, 0) is 44.9 Å². The average molecular weight is 626 g/mol. The number of hydrogen-bond acceptors (Lipinski definition) is 8. The third-order valence-electron chi connectivity index (χ3n) is 5.63. The van der Waals surface area contributed by atoms with E-state index < -0.39 is 78.5 Å². The maximum absolute atomic E-state index is 13.3. The van der Waals surface area contributed by atoms with Crippen molar-refractivity contribution >= 4 is 35.5 Å². The average Bonchev–Trinajstić information content (AvgIpc) is 2.92. The van der Waals surface area contributed by atoms with E-state index in [1.165, 1.54) is 0 Å². The Morgan fingerprint density at radius 3 is 2.14 bits per heavy atom. The molecule has 0 aliphatic heterocycles. The lowest BCUT2D eigenvalue weighted by Crippen LogP contribution is -2.53. The standard InChI is InChI=1S/C29H34F3N3O9/c1-28(2,3)44-24(38)15-22(35-27(41)43-16-17-8-6-5-7-9-17)26(40)34-21(10-11-23(36)37)25(39)33-19-12-18(29(30,31)32)13-20(14-19)42-4/h5-9,12-14,21-22H,10-11,15-16H2,1-4H3,(H,33,39)(H,34,40)(H,35,41)(H,36,37). The van der Waals surface area contributed by atoms with Gasteiger partial charge in [0.25, 0.3) is 0 Å². The number of benzene rings is 2. The molecule has 12 nitrogen and oxygen atoms in total. The van der Waals surface area contributed by atoms with Crippen molar-refractivity contribution in [3.63, 3.8) is 0 Å². The molecule has 4 N–H and O–H groups in total. The highest BCUT2D eigenvalue weighted by Gasteiger charge is 2.33. The van der Waals surface area contributed by atoms with Gasteiger partial charge in [-0.3, -0.25) is 19.2 Å². The lowest BCUT2D eigenvalue weighted by molar-refractivity contribution is -0.156. The van der Waals surface area contributed by atoms with Gasteiger partial charge >= 0.3 is 24.2 Å². The minimum absolute atomic E-state index is 0.169. The number of carboxylic acids is 1. The number of hydrogen-bond donors (Lipinski definition) is 4. The van der Waals surface area contributed by atoms with Gasteiger partial charge in [-0.15, -0.1) is 0 Å². The number of carbonyl (C=O) groups is 5. The molecule has 15 heteroatoms. The molecule has 2 rings (SSSR count). The Hall–Kier alpha value is -4.82. The van der Waals surface area contributed by atoms with E-state index in [9.17, 15) is 37.1 Å². The van der Waals surface area contributed by atoms with Crippen LogP contribution in [0.4, 0.5) is 23.7 Å². The van der Waals surface area contributed by atoms with Crippen LogP contribution in [0.5, 0.6) is 5.75 Å². The molecule has 0 saturated heterocycles. The van der Waals surface area contributed by atoms with E-state index in [0.717, 1.165) is 13.2 Å². The fourth-order valence-corrected chi connectivity index (χ4v) is 3.66. The highest BCUT2D eigenvalue weighted by Crippen LogP contribution is 2.34. The first-order valence-electron chi connectivity index (χ1n) is 13.2. The predicted octanol–water partition coefficient (Wildman–Crippen LogP) is 4.03. The first kappa shape index (κ1) is 35.4. The normalized spacial score (nSPS) is 12.7. The molecule has 0 aromatic heterocycles. The van der Waals surface area contributed by atoms with Crippen molar-refractivity contribution in [3.05, 3.63) is 59.7 Å². The van der Waals surface area contributed by atoms with Crippen LogP contribution >= 0.6 is 0 Å².